The fraction of sp³-hybridized carbons (Fsp3) is 0.250. The molecule has 0 bridgehead atoms. The van der Waals surface area contributed by atoms with E-state index in [0.717, 1.165) is 12.0 Å². The zero-order valence-electron chi connectivity index (χ0n) is 15.6. The number of carbonyl (C=O) groups is 2. The van der Waals surface area contributed by atoms with Crippen molar-refractivity contribution in [1.82, 2.24) is 5.32 Å². The van der Waals surface area contributed by atoms with Gasteiger partial charge in [-0.05, 0) is 73.6 Å². The third-order valence-corrected chi connectivity index (χ3v) is 4.00. The van der Waals surface area contributed by atoms with E-state index in [9.17, 15) is 9.59 Å². The van der Waals surface area contributed by atoms with Crippen LogP contribution in [0, 0.1) is 6.92 Å². The Hall–Kier alpha value is -2.64. The van der Waals surface area contributed by atoms with Crippen molar-refractivity contribution in [3.8, 4) is 5.75 Å². The second kappa shape index (κ2) is 10.6. The first-order valence-electron chi connectivity index (χ1n) is 8.66. The monoisotopic (exact) mass is 420 g/mol. The minimum absolute atomic E-state index is 0.128. The molecule has 0 aliphatic carbocycles. The zero-order chi connectivity index (χ0) is 20.5. The molecule has 0 unspecified atom stereocenters. The number of halogens is 1. The van der Waals surface area contributed by atoms with Gasteiger partial charge < -0.3 is 14.8 Å². The number of thiocarbonyl (C=S) groups is 1. The van der Waals surface area contributed by atoms with Gasteiger partial charge in [0.1, 0.15) is 5.75 Å². The van der Waals surface area contributed by atoms with Gasteiger partial charge in [0, 0.05) is 10.7 Å². The highest BCUT2D eigenvalue weighted by Gasteiger charge is 2.09. The molecular formula is C20H21ClN2O4S. The van der Waals surface area contributed by atoms with Crippen LogP contribution >= 0.6 is 23.8 Å². The molecule has 1 amide bonds. The van der Waals surface area contributed by atoms with Crippen LogP contribution in [0.3, 0.4) is 0 Å². The number of amides is 1. The molecule has 0 aliphatic rings. The van der Waals surface area contributed by atoms with E-state index in [2.05, 4.69) is 10.6 Å². The molecule has 28 heavy (non-hydrogen) atoms. The van der Waals surface area contributed by atoms with Gasteiger partial charge in [0.2, 0.25) is 0 Å². The first-order chi connectivity index (χ1) is 13.4. The van der Waals surface area contributed by atoms with Crippen LogP contribution in [0.1, 0.15) is 29.3 Å². The molecule has 0 aliphatic heterocycles. The van der Waals surface area contributed by atoms with Gasteiger partial charge in [-0.15, -0.1) is 0 Å². The van der Waals surface area contributed by atoms with Crippen molar-refractivity contribution in [2.24, 2.45) is 0 Å². The molecule has 2 N–H and O–H groups in total. The van der Waals surface area contributed by atoms with Crippen LogP contribution in [0.4, 0.5) is 5.69 Å². The first kappa shape index (κ1) is 21.7. The van der Waals surface area contributed by atoms with Gasteiger partial charge in [-0.2, -0.15) is 0 Å². The van der Waals surface area contributed by atoms with Crippen LogP contribution in [0.15, 0.2) is 42.5 Å². The van der Waals surface area contributed by atoms with Crippen molar-refractivity contribution < 1.29 is 19.1 Å². The standard InChI is InChI=1S/C20H21ClN2O4S/c1-3-10-26-19(25)14-4-7-16(8-5-14)22-20(28)23-18(24)12-27-17-9-6-15(21)11-13(17)2/h4-9,11H,3,10,12H2,1-2H3,(H2,22,23,24,28). The maximum absolute atomic E-state index is 12.0. The highest BCUT2D eigenvalue weighted by molar-refractivity contribution is 7.80. The van der Waals surface area contributed by atoms with Crippen molar-refractivity contribution in [2.45, 2.75) is 20.3 Å². The van der Waals surface area contributed by atoms with Gasteiger partial charge in [-0.25, -0.2) is 4.79 Å². The predicted molar refractivity (Wildman–Crippen MR) is 113 cm³/mol. The van der Waals surface area contributed by atoms with Crippen molar-refractivity contribution in [3.05, 3.63) is 58.6 Å². The van der Waals surface area contributed by atoms with Gasteiger partial charge in [0.05, 0.1) is 12.2 Å². The SMILES string of the molecule is CCCOC(=O)c1ccc(NC(=S)NC(=O)COc2ccc(Cl)cc2C)cc1. The molecule has 0 atom stereocenters. The number of aryl methyl sites for hydroxylation is 1. The van der Waals surface area contributed by atoms with E-state index in [1.807, 2.05) is 13.8 Å². The van der Waals surface area contributed by atoms with Crippen molar-refractivity contribution in [1.29, 1.82) is 0 Å². The summed E-state index contributed by atoms with van der Waals surface area (Å²) in [5, 5.41) is 6.14. The summed E-state index contributed by atoms with van der Waals surface area (Å²) in [7, 11) is 0. The first-order valence-corrected chi connectivity index (χ1v) is 9.44. The third kappa shape index (κ3) is 6.83. The van der Waals surface area contributed by atoms with Gasteiger partial charge in [-0.1, -0.05) is 18.5 Å². The number of hydrogen-bond donors (Lipinski definition) is 2. The van der Waals surface area contributed by atoms with Gasteiger partial charge in [0.15, 0.2) is 11.7 Å². The number of ether oxygens (including phenoxy) is 2. The topological polar surface area (TPSA) is 76.7 Å². The van der Waals surface area contributed by atoms with Crippen LogP contribution in [-0.2, 0) is 9.53 Å². The lowest BCUT2D eigenvalue weighted by Gasteiger charge is -2.12. The lowest BCUT2D eigenvalue weighted by atomic mass is 10.2. The van der Waals surface area contributed by atoms with Crippen molar-refractivity contribution in [2.75, 3.05) is 18.5 Å². The average Bonchev–Trinajstić information content (AvgIpc) is 2.66. The average molecular weight is 421 g/mol. The van der Waals surface area contributed by atoms with Gasteiger partial charge >= 0.3 is 5.97 Å². The van der Waals surface area contributed by atoms with Crippen molar-refractivity contribution >= 4 is 46.5 Å². The molecular weight excluding hydrogens is 400 g/mol. The molecule has 2 rings (SSSR count). The smallest absolute Gasteiger partial charge is 0.338 e. The normalized spacial score (nSPS) is 10.1. The van der Waals surface area contributed by atoms with E-state index in [4.69, 9.17) is 33.3 Å². The van der Waals surface area contributed by atoms with E-state index in [1.54, 1.807) is 42.5 Å². The van der Waals surface area contributed by atoms with E-state index < -0.39 is 5.91 Å². The van der Waals surface area contributed by atoms with E-state index >= 15 is 0 Å². The second-order valence-electron chi connectivity index (χ2n) is 5.91. The third-order valence-electron chi connectivity index (χ3n) is 3.56. The lowest BCUT2D eigenvalue weighted by Crippen LogP contribution is -2.37. The second-order valence-corrected chi connectivity index (χ2v) is 6.76. The van der Waals surface area contributed by atoms with Crippen molar-refractivity contribution in [3.63, 3.8) is 0 Å². The fourth-order valence-corrected chi connectivity index (χ4v) is 2.67. The number of esters is 1. The minimum atomic E-state index is -0.397. The summed E-state index contributed by atoms with van der Waals surface area (Å²) in [4.78, 5) is 23.8. The summed E-state index contributed by atoms with van der Waals surface area (Å²) >= 11 is 11.0. The largest absolute Gasteiger partial charge is 0.483 e. The van der Waals surface area contributed by atoms with Crippen LogP contribution in [0.2, 0.25) is 5.02 Å². The fourth-order valence-electron chi connectivity index (χ4n) is 2.21. The van der Waals surface area contributed by atoms with Crippen LogP contribution in [0.25, 0.3) is 0 Å². The Bertz CT molecular complexity index is 856. The molecule has 2 aromatic carbocycles. The summed E-state index contributed by atoms with van der Waals surface area (Å²) in [6.45, 7) is 3.96. The Morgan fingerprint density at radius 1 is 1.14 bits per heavy atom. The predicted octanol–water partition coefficient (Wildman–Crippen LogP) is 4.11. The van der Waals surface area contributed by atoms with Crippen LogP contribution < -0.4 is 15.4 Å². The summed E-state index contributed by atoms with van der Waals surface area (Å²) in [6.07, 6.45) is 0.765. The Labute approximate surface area is 174 Å². The highest BCUT2D eigenvalue weighted by atomic mass is 35.5. The molecule has 2 aromatic rings. The summed E-state index contributed by atoms with van der Waals surface area (Å²) < 4.78 is 10.5. The maximum atomic E-state index is 12.0. The van der Waals surface area contributed by atoms with Crippen LogP contribution in [-0.4, -0.2) is 30.2 Å². The van der Waals surface area contributed by atoms with E-state index in [-0.39, 0.29) is 17.7 Å². The zero-order valence-corrected chi connectivity index (χ0v) is 17.2. The summed E-state index contributed by atoms with van der Waals surface area (Å²) in [6, 6.07) is 11.7. The van der Waals surface area contributed by atoms with E-state index in [1.165, 1.54) is 0 Å². The number of carbonyl (C=O) groups excluding carboxylic acids is 2. The Morgan fingerprint density at radius 2 is 1.86 bits per heavy atom. The van der Waals surface area contributed by atoms with Gasteiger partial charge in [-0.3, -0.25) is 10.1 Å². The molecule has 0 fully saturated rings. The quantitative estimate of drug-likeness (QED) is 0.518. The Kier molecular flexibility index (Phi) is 8.22. The summed E-state index contributed by atoms with van der Waals surface area (Å²) in [5.41, 5.74) is 1.91. The number of anilines is 1. The van der Waals surface area contributed by atoms with Crippen LogP contribution in [0.5, 0.6) is 5.75 Å². The number of nitrogens with one attached hydrogen (secondary N) is 2. The van der Waals surface area contributed by atoms with Gasteiger partial charge in [0.25, 0.3) is 5.91 Å². The Morgan fingerprint density at radius 3 is 2.50 bits per heavy atom. The number of benzene rings is 2. The maximum Gasteiger partial charge on any atom is 0.338 e. The molecule has 8 heteroatoms. The molecule has 0 aromatic heterocycles. The molecule has 6 nitrogen and oxygen atoms in total. The number of rotatable bonds is 7. The molecule has 0 saturated heterocycles. The summed E-state index contributed by atoms with van der Waals surface area (Å²) in [5.74, 6) is -0.200. The molecule has 148 valence electrons. The lowest BCUT2D eigenvalue weighted by molar-refractivity contribution is -0.121. The number of hydrogen-bond acceptors (Lipinski definition) is 5. The highest BCUT2D eigenvalue weighted by Crippen LogP contribution is 2.21. The molecule has 0 spiro atoms. The minimum Gasteiger partial charge on any atom is -0.483 e. The van der Waals surface area contributed by atoms with E-state index in [0.29, 0.717) is 28.6 Å². The Balaban J connectivity index is 1.81. The molecule has 0 heterocycles. The molecule has 0 saturated carbocycles. The molecule has 0 radical (unpaired) electrons.